The van der Waals surface area contributed by atoms with Crippen LogP contribution in [0.15, 0.2) is 18.2 Å². The van der Waals surface area contributed by atoms with Crippen molar-refractivity contribution in [2.45, 2.75) is 32.7 Å². The van der Waals surface area contributed by atoms with Crippen molar-refractivity contribution in [2.75, 3.05) is 5.32 Å². The normalized spacial score (nSPS) is 12.6. The van der Waals surface area contributed by atoms with E-state index in [0.717, 1.165) is 18.9 Å². The van der Waals surface area contributed by atoms with E-state index in [4.69, 9.17) is 0 Å². The molecule has 1 aromatic carbocycles. The monoisotopic (exact) mass is 199 g/mol. The Morgan fingerprint density at radius 1 is 1.36 bits per heavy atom. The van der Waals surface area contributed by atoms with E-state index in [1.165, 1.54) is 12.1 Å². The Hall–Kier alpha value is -1.12. The van der Waals surface area contributed by atoms with Crippen LogP contribution < -0.4 is 5.32 Å². The summed E-state index contributed by atoms with van der Waals surface area (Å²) < 4.78 is 25.7. The lowest BCUT2D eigenvalue weighted by atomic mass is 10.2. The molecule has 0 saturated carbocycles. The predicted octanol–water partition coefficient (Wildman–Crippen LogP) is 3.57. The summed E-state index contributed by atoms with van der Waals surface area (Å²) in [5.41, 5.74) is 0.368. The highest BCUT2D eigenvalue weighted by molar-refractivity contribution is 5.45. The minimum atomic E-state index is -0.545. The summed E-state index contributed by atoms with van der Waals surface area (Å²) in [5, 5.41) is 3.00. The number of halogens is 2. The van der Waals surface area contributed by atoms with Crippen molar-refractivity contribution < 1.29 is 8.78 Å². The van der Waals surface area contributed by atoms with E-state index in [0.29, 0.717) is 5.69 Å². The fourth-order valence-corrected chi connectivity index (χ4v) is 1.38. The molecule has 3 heteroatoms. The molecule has 0 heterocycles. The van der Waals surface area contributed by atoms with Gasteiger partial charge in [-0.15, -0.1) is 0 Å². The first kappa shape index (κ1) is 11.0. The summed E-state index contributed by atoms with van der Waals surface area (Å²) >= 11 is 0. The molecule has 1 atom stereocenters. The first-order valence-corrected chi connectivity index (χ1v) is 4.85. The fourth-order valence-electron chi connectivity index (χ4n) is 1.38. The van der Waals surface area contributed by atoms with E-state index >= 15 is 0 Å². The summed E-state index contributed by atoms with van der Waals surface area (Å²) in [6.07, 6.45) is 2.01. The Kier molecular flexibility index (Phi) is 3.86. The van der Waals surface area contributed by atoms with Crippen LogP contribution in [-0.4, -0.2) is 6.04 Å². The van der Waals surface area contributed by atoms with Gasteiger partial charge in [-0.05, 0) is 25.5 Å². The van der Waals surface area contributed by atoms with Crippen LogP contribution >= 0.6 is 0 Å². The highest BCUT2D eigenvalue weighted by Crippen LogP contribution is 2.16. The van der Waals surface area contributed by atoms with E-state index in [-0.39, 0.29) is 6.04 Å². The lowest BCUT2D eigenvalue weighted by Crippen LogP contribution is -2.15. The Bertz CT molecular complexity index is 299. The molecule has 14 heavy (non-hydrogen) atoms. The van der Waals surface area contributed by atoms with Gasteiger partial charge in [-0.25, -0.2) is 8.78 Å². The van der Waals surface area contributed by atoms with Crippen LogP contribution in [0.2, 0.25) is 0 Å². The van der Waals surface area contributed by atoms with E-state index < -0.39 is 11.6 Å². The van der Waals surface area contributed by atoms with E-state index in [1.54, 1.807) is 0 Å². The molecule has 0 bridgehead atoms. The second-order valence-electron chi connectivity index (χ2n) is 3.46. The molecule has 0 amide bonds. The largest absolute Gasteiger partial charge is 0.380 e. The first-order chi connectivity index (χ1) is 6.63. The van der Waals surface area contributed by atoms with Crippen LogP contribution in [0.3, 0.4) is 0 Å². The number of rotatable bonds is 4. The second-order valence-corrected chi connectivity index (χ2v) is 3.46. The molecule has 1 aromatic rings. The van der Waals surface area contributed by atoms with E-state index in [1.807, 2.05) is 6.92 Å². The highest BCUT2D eigenvalue weighted by Gasteiger charge is 2.06. The molecule has 1 unspecified atom stereocenters. The third kappa shape index (κ3) is 2.98. The number of benzene rings is 1. The average molecular weight is 199 g/mol. The molecule has 0 radical (unpaired) electrons. The van der Waals surface area contributed by atoms with Gasteiger partial charge in [0.1, 0.15) is 11.6 Å². The number of hydrogen-bond donors (Lipinski definition) is 1. The zero-order valence-electron chi connectivity index (χ0n) is 8.48. The predicted molar refractivity (Wildman–Crippen MR) is 54.4 cm³/mol. The minimum Gasteiger partial charge on any atom is -0.380 e. The van der Waals surface area contributed by atoms with Crippen LogP contribution in [-0.2, 0) is 0 Å². The van der Waals surface area contributed by atoms with Crippen molar-refractivity contribution >= 4 is 5.69 Å². The minimum absolute atomic E-state index is 0.208. The van der Waals surface area contributed by atoms with Gasteiger partial charge >= 0.3 is 0 Å². The zero-order valence-corrected chi connectivity index (χ0v) is 8.48. The van der Waals surface area contributed by atoms with Crippen molar-refractivity contribution in [1.82, 2.24) is 0 Å². The van der Waals surface area contributed by atoms with Gasteiger partial charge in [0.15, 0.2) is 0 Å². The van der Waals surface area contributed by atoms with E-state index in [2.05, 4.69) is 12.2 Å². The number of nitrogens with one attached hydrogen (secondary N) is 1. The molecule has 0 aliphatic rings. The highest BCUT2D eigenvalue weighted by atomic mass is 19.1. The fraction of sp³-hybridized carbons (Fsp3) is 0.455. The Morgan fingerprint density at radius 3 is 2.64 bits per heavy atom. The molecule has 0 saturated heterocycles. The van der Waals surface area contributed by atoms with Gasteiger partial charge < -0.3 is 5.32 Å². The lowest BCUT2D eigenvalue weighted by molar-refractivity contribution is 0.581. The quantitative estimate of drug-likeness (QED) is 0.781. The van der Waals surface area contributed by atoms with Crippen LogP contribution in [0.25, 0.3) is 0 Å². The SMILES string of the molecule is CCCC(C)Nc1ccc(F)cc1F. The van der Waals surface area contributed by atoms with Crippen LogP contribution in [0.5, 0.6) is 0 Å². The zero-order chi connectivity index (χ0) is 10.6. The maximum Gasteiger partial charge on any atom is 0.149 e. The molecule has 78 valence electrons. The number of anilines is 1. The standard InChI is InChI=1S/C11H15F2N/c1-3-4-8(2)14-11-6-5-9(12)7-10(11)13/h5-8,14H,3-4H2,1-2H3. The molecule has 1 N–H and O–H groups in total. The Labute approximate surface area is 83.1 Å². The van der Waals surface area contributed by atoms with Crippen LogP contribution in [0.4, 0.5) is 14.5 Å². The molecule has 0 aliphatic carbocycles. The molecular weight excluding hydrogens is 184 g/mol. The maximum absolute atomic E-state index is 13.1. The Balaban J connectivity index is 2.67. The number of hydrogen-bond acceptors (Lipinski definition) is 1. The summed E-state index contributed by atoms with van der Waals surface area (Å²) in [5.74, 6) is -1.08. The summed E-state index contributed by atoms with van der Waals surface area (Å²) in [6.45, 7) is 4.05. The van der Waals surface area contributed by atoms with Crippen molar-refractivity contribution in [2.24, 2.45) is 0 Å². The van der Waals surface area contributed by atoms with Gasteiger partial charge in [0.25, 0.3) is 0 Å². The average Bonchev–Trinajstić information content (AvgIpc) is 2.10. The third-order valence-corrected chi connectivity index (χ3v) is 2.05. The summed E-state index contributed by atoms with van der Waals surface area (Å²) in [6, 6.07) is 3.78. The molecule has 0 spiro atoms. The van der Waals surface area contributed by atoms with Gasteiger partial charge in [0, 0.05) is 12.1 Å². The van der Waals surface area contributed by atoms with Crippen molar-refractivity contribution in [1.29, 1.82) is 0 Å². The van der Waals surface area contributed by atoms with Crippen LogP contribution in [0.1, 0.15) is 26.7 Å². The lowest BCUT2D eigenvalue weighted by Gasteiger charge is -2.14. The molecule has 0 aromatic heterocycles. The van der Waals surface area contributed by atoms with Gasteiger partial charge in [0.2, 0.25) is 0 Å². The molecule has 1 rings (SSSR count). The van der Waals surface area contributed by atoms with E-state index in [9.17, 15) is 8.78 Å². The van der Waals surface area contributed by atoms with Gasteiger partial charge in [-0.1, -0.05) is 13.3 Å². The molecule has 0 fully saturated rings. The third-order valence-electron chi connectivity index (χ3n) is 2.05. The molecule has 0 aliphatic heterocycles. The summed E-state index contributed by atoms with van der Waals surface area (Å²) in [7, 11) is 0. The van der Waals surface area contributed by atoms with Gasteiger partial charge in [-0.2, -0.15) is 0 Å². The van der Waals surface area contributed by atoms with Gasteiger partial charge in [0.05, 0.1) is 5.69 Å². The van der Waals surface area contributed by atoms with Crippen molar-refractivity contribution in [3.05, 3.63) is 29.8 Å². The van der Waals surface area contributed by atoms with Crippen LogP contribution in [0, 0.1) is 11.6 Å². The second kappa shape index (κ2) is 4.94. The van der Waals surface area contributed by atoms with Crippen molar-refractivity contribution in [3.8, 4) is 0 Å². The Morgan fingerprint density at radius 2 is 2.07 bits per heavy atom. The maximum atomic E-state index is 13.1. The molecule has 1 nitrogen and oxygen atoms in total. The summed E-state index contributed by atoms with van der Waals surface area (Å²) in [4.78, 5) is 0. The topological polar surface area (TPSA) is 12.0 Å². The molecular formula is C11H15F2N. The first-order valence-electron chi connectivity index (χ1n) is 4.85. The van der Waals surface area contributed by atoms with Crippen molar-refractivity contribution in [3.63, 3.8) is 0 Å². The smallest absolute Gasteiger partial charge is 0.149 e. The van der Waals surface area contributed by atoms with Gasteiger partial charge in [-0.3, -0.25) is 0 Å².